The van der Waals surface area contributed by atoms with Crippen LogP contribution in [0.3, 0.4) is 0 Å². The lowest BCUT2D eigenvalue weighted by Crippen LogP contribution is -2.39. The van der Waals surface area contributed by atoms with E-state index in [1.807, 2.05) is 30.3 Å². The van der Waals surface area contributed by atoms with Crippen LogP contribution >= 0.6 is 0 Å². The summed E-state index contributed by atoms with van der Waals surface area (Å²) in [6.07, 6.45) is 6.80. The molecule has 0 aromatic heterocycles. The van der Waals surface area contributed by atoms with Crippen molar-refractivity contribution < 1.29 is 19.1 Å². The number of nitrogens with one attached hydrogen (secondary N) is 1. The van der Waals surface area contributed by atoms with E-state index in [0.29, 0.717) is 12.4 Å². The van der Waals surface area contributed by atoms with Crippen LogP contribution in [0.15, 0.2) is 79.4 Å². The van der Waals surface area contributed by atoms with Crippen LogP contribution in [0.1, 0.15) is 94.5 Å². The van der Waals surface area contributed by atoms with Gasteiger partial charge < -0.3 is 19.7 Å². The lowest BCUT2D eigenvalue weighted by molar-refractivity contribution is -0.158. The summed E-state index contributed by atoms with van der Waals surface area (Å²) >= 11 is 0. The van der Waals surface area contributed by atoms with E-state index in [9.17, 15) is 9.59 Å². The predicted octanol–water partition coefficient (Wildman–Crippen LogP) is 8.05. The number of unbranched alkanes of at least 4 members (excludes halogenated alkanes) is 1. The highest BCUT2D eigenvalue weighted by molar-refractivity contribution is 5.82. The van der Waals surface area contributed by atoms with Crippen LogP contribution in [-0.2, 0) is 20.7 Å². The fraction of sp³-hybridized carbons (Fsp3) is 0.421. The van der Waals surface area contributed by atoms with E-state index < -0.39 is 11.6 Å². The zero-order chi connectivity index (χ0) is 31.5. The van der Waals surface area contributed by atoms with Crippen molar-refractivity contribution in [3.63, 3.8) is 0 Å². The molecule has 1 aliphatic rings. The summed E-state index contributed by atoms with van der Waals surface area (Å²) in [4.78, 5) is 28.1. The quantitative estimate of drug-likeness (QED) is 0.191. The predicted molar refractivity (Wildman–Crippen MR) is 179 cm³/mol. The van der Waals surface area contributed by atoms with Crippen molar-refractivity contribution in [1.82, 2.24) is 5.32 Å². The van der Waals surface area contributed by atoms with Gasteiger partial charge in [0.1, 0.15) is 5.75 Å². The summed E-state index contributed by atoms with van der Waals surface area (Å²) in [5, 5.41) is 3.38. The highest BCUT2D eigenvalue weighted by Crippen LogP contribution is 2.35. The zero-order valence-corrected chi connectivity index (χ0v) is 26.9. The van der Waals surface area contributed by atoms with E-state index in [4.69, 9.17) is 9.47 Å². The number of piperidine rings is 1. The molecule has 4 rings (SSSR count). The van der Waals surface area contributed by atoms with Crippen LogP contribution in [0.5, 0.6) is 5.75 Å². The summed E-state index contributed by atoms with van der Waals surface area (Å²) in [6.45, 7) is 14.1. The molecule has 0 spiro atoms. The number of esters is 1. The lowest BCUT2D eigenvalue weighted by Gasteiger charge is -2.33. The smallest absolute Gasteiger partial charge is 0.349 e. The molecule has 1 amide bonds. The first-order chi connectivity index (χ1) is 21.2. The fourth-order valence-corrected chi connectivity index (χ4v) is 5.70. The van der Waals surface area contributed by atoms with Crippen LogP contribution in [-0.4, -0.2) is 37.2 Å². The number of rotatable bonds is 14. The Morgan fingerprint density at radius 1 is 0.932 bits per heavy atom. The largest absolute Gasteiger partial charge is 0.476 e. The Morgan fingerprint density at radius 2 is 1.64 bits per heavy atom. The zero-order valence-electron chi connectivity index (χ0n) is 26.9. The van der Waals surface area contributed by atoms with Gasteiger partial charge in [-0.1, -0.05) is 80.9 Å². The van der Waals surface area contributed by atoms with Crippen LogP contribution in [0.25, 0.3) is 5.57 Å². The molecule has 1 fully saturated rings. The van der Waals surface area contributed by atoms with Crippen LogP contribution in [0, 0.1) is 0 Å². The van der Waals surface area contributed by atoms with Crippen LogP contribution < -0.4 is 15.0 Å². The third-order valence-electron chi connectivity index (χ3n) is 8.18. The van der Waals surface area contributed by atoms with E-state index in [1.165, 1.54) is 30.5 Å². The maximum Gasteiger partial charge on any atom is 0.349 e. The number of nitrogens with zero attached hydrogens (tertiary/aromatic N) is 1. The first kappa shape index (κ1) is 32.8. The summed E-state index contributed by atoms with van der Waals surface area (Å²) < 4.78 is 11.0. The lowest BCUT2D eigenvalue weighted by atomic mass is 9.92. The SMILES string of the molecule is C=C(c1ccccc1)c1ccc(C(CCCC)NC(=O)Cc2ccc(OC(C)(C)C(=O)OCC)cc2)c(N2CCCCC2)c1. The van der Waals surface area contributed by atoms with Gasteiger partial charge in [0.25, 0.3) is 0 Å². The second-order valence-corrected chi connectivity index (χ2v) is 12.1. The number of benzene rings is 3. The van der Waals surface area contributed by atoms with Crippen LogP contribution in [0.2, 0.25) is 0 Å². The molecule has 0 aliphatic carbocycles. The minimum atomic E-state index is -1.10. The van der Waals surface area contributed by atoms with Crippen molar-refractivity contribution in [3.05, 3.63) is 102 Å². The van der Waals surface area contributed by atoms with Gasteiger partial charge >= 0.3 is 5.97 Å². The Kier molecular flexibility index (Phi) is 11.6. The Bertz CT molecular complexity index is 1390. The average molecular weight is 597 g/mol. The highest BCUT2D eigenvalue weighted by atomic mass is 16.6. The van der Waals surface area contributed by atoms with Crippen molar-refractivity contribution in [2.45, 2.75) is 84.3 Å². The molecular formula is C38H48N2O4. The normalized spacial score (nSPS) is 14.0. The van der Waals surface area contributed by atoms with E-state index >= 15 is 0 Å². The van der Waals surface area contributed by atoms with Gasteiger partial charge in [-0.05, 0) is 92.5 Å². The molecule has 234 valence electrons. The Labute approximate surface area is 263 Å². The maximum absolute atomic E-state index is 13.5. The second kappa shape index (κ2) is 15.6. The first-order valence-corrected chi connectivity index (χ1v) is 16.1. The van der Waals surface area contributed by atoms with Gasteiger partial charge in [0.05, 0.1) is 19.1 Å². The van der Waals surface area contributed by atoms with E-state index in [2.05, 4.69) is 54.1 Å². The minimum absolute atomic E-state index is 0.0195. The molecule has 1 heterocycles. The molecule has 1 N–H and O–H groups in total. The molecule has 1 unspecified atom stereocenters. The topological polar surface area (TPSA) is 67.9 Å². The molecule has 0 radical (unpaired) electrons. The van der Waals surface area contributed by atoms with Crippen molar-refractivity contribution in [2.75, 3.05) is 24.6 Å². The number of amides is 1. The molecule has 1 saturated heterocycles. The molecule has 6 nitrogen and oxygen atoms in total. The van der Waals surface area contributed by atoms with Crippen molar-refractivity contribution >= 4 is 23.1 Å². The van der Waals surface area contributed by atoms with E-state index in [-0.39, 0.29) is 18.4 Å². The molecule has 0 saturated carbocycles. The van der Waals surface area contributed by atoms with E-state index in [1.54, 1.807) is 32.9 Å². The Balaban J connectivity index is 1.53. The van der Waals surface area contributed by atoms with Gasteiger partial charge in [-0.3, -0.25) is 4.79 Å². The fourth-order valence-electron chi connectivity index (χ4n) is 5.70. The summed E-state index contributed by atoms with van der Waals surface area (Å²) in [5.74, 6) is 0.119. The third-order valence-corrected chi connectivity index (χ3v) is 8.18. The maximum atomic E-state index is 13.5. The van der Waals surface area contributed by atoms with Crippen molar-refractivity contribution in [1.29, 1.82) is 0 Å². The molecule has 0 bridgehead atoms. The Morgan fingerprint density at radius 3 is 2.30 bits per heavy atom. The number of carbonyl (C=O) groups is 2. The van der Waals surface area contributed by atoms with Gasteiger partial charge in [-0.15, -0.1) is 0 Å². The minimum Gasteiger partial charge on any atom is -0.476 e. The highest BCUT2D eigenvalue weighted by Gasteiger charge is 2.31. The number of hydrogen-bond acceptors (Lipinski definition) is 5. The molecule has 3 aromatic carbocycles. The monoisotopic (exact) mass is 596 g/mol. The number of carbonyl (C=O) groups excluding carboxylic acids is 2. The average Bonchev–Trinajstić information content (AvgIpc) is 3.04. The molecule has 6 heteroatoms. The van der Waals surface area contributed by atoms with Gasteiger partial charge in [-0.2, -0.15) is 0 Å². The number of ether oxygens (including phenoxy) is 2. The molecule has 1 atom stereocenters. The van der Waals surface area contributed by atoms with Crippen LogP contribution in [0.4, 0.5) is 5.69 Å². The number of anilines is 1. The molecule has 3 aromatic rings. The first-order valence-electron chi connectivity index (χ1n) is 16.1. The summed E-state index contributed by atoms with van der Waals surface area (Å²) in [7, 11) is 0. The summed E-state index contributed by atoms with van der Waals surface area (Å²) in [5.41, 5.74) is 5.37. The van der Waals surface area contributed by atoms with Gasteiger partial charge in [0, 0.05) is 18.8 Å². The second-order valence-electron chi connectivity index (χ2n) is 12.1. The molecular weight excluding hydrogens is 548 g/mol. The molecule has 44 heavy (non-hydrogen) atoms. The Hall–Kier alpha value is -4.06. The molecule has 1 aliphatic heterocycles. The van der Waals surface area contributed by atoms with E-state index in [0.717, 1.165) is 54.6 Å². The van der Waals surface area contributed by atoms with Gasteiger partial charge in [-0.25, -0.2) is 4.79 Å². The van der Waals surface area contributed by atoms with Gasteiger partial charge in [0.2, 0.25) is 5.91 Å². The van der Waals surface area contributed by atoms with Crippen molar-refractivity contribution in [2.24, 2.45) is 0 Å². The standard InChI is InChI=1S/C38H48N2O4/c1-6-8-17-34(39-36(41)26-29-18-21-32(22-19-29)44-38(4,5)37(42)43-7-2)33-23-20-31(28(3)30-15-11-9-12-16-30)27-35(33)40-24-13-10-14-25-40/h9,11-12,15-16,18-23,27,34H,3,6-8,10,13-14,17,24-26H2,1-2,4-5H3,(H,39,41). The number of hydrogen-bond donors (Lipinski definition) is 1. The van der Waals surface area contributed by atoms with Gasteiger partial charge in [0.15, 0.2) is 5.60 Å². The summed E-state index contributed by atoms with van der Waals surface area (Å²) in [6, 6.07) is 24.2. The third kappa shape index (κ3) is 8.75. The van der Waals surface area contributed by atoms with Crippen molar-refractivity contribution in [3.8, 4) is 5.75 Å².